The van der Waals surface area contributed by atoms with Gasteiger partial charge < -0.3 is 15.0 Å². The van der Waals surface area contributed by atoms with Crippen molar-refractivity contribution in [2.24, 2.45) is 0 Å². The van der Waals surface area contributed by atoms with Gasteiger partial charge in [-0.2, -0.15) is 5.10 Å². The highest BCUT2D eigenvalue weighted by atomic mass is 79.9. The smallest absolute Gasteiger partial charge is 0.407 e. The second-order valence-corrected chi connectivity index (χ2v) is 8.46. The van der Waals surface area contributed by atoms with Crippen LogP contribution in [0.5, 0.6) is 0 Å². The molecule has 7 nitrogen and oxygen atoms in total. The molecule has 0 aromatic carbocycles. The number of amides is 2. The van der Waals surface area contributed by atoms with Gasteiger partial charge >= 0.3 is 6.09 Å². The molecular weight excluding hydrogens is 388 g/mol. The number of alkyl carbamates (subject to hydrolysis) is 1. The van der Waals surface area contributed by atoms with Crippen LogP contribution in [-0.4, -0.2) is 51.8 Å². The molecule has 2 rings (SSSR count). The standard InChI is InChI=1S/C17H27BrN4O3/c1-10(2)13-12(18)14(21-20-13)15(23)22-8-6-11(7-9-22)19-16(24)25-17(3,4)5/h10-11H,6-9H2,1-5H3,(H,19,24)(H,20,21). The Hall–Kier alpha value is -1.57. The summed E-state index contributed by atoms with van der Waals surface area (Å²) in [6.07, 6.45) is 0.989. The molecule has 0 atom stereocenters. The lowest BCUT2D eigenvalue weighted by molar-refractivity contribution is 0.0473. The van der Waals surface area contributed by atoms with Crippen LogP contribution >= 0.6 is 15.9 Å². The summed E-state index contributed by atoms with van der Waals surface area (Å²) in [5.74, 6) is 0.165. The summed E-state index contributed by atoms with van der Waals surface area (Å²) >= 11 is 3.48. The van der Waals surface area contributed by atoms with Gasteiger partial charge in [0.2, 0.25) is 0 Å². The minimum absolute atomic E-state index is 0.0211. The molecule has 1 aliphatic rings. The highest BCUT2D eigenvalue weighted by molar-refractivity contribution is 9.10. The fourth-order valence-electron chi connectivity index (χ4n) is 2.72. The average Bonchev–Trinajstić information content (AvgIpc) is 2.87. The van der Waals surface area contributed by atoms with Gasteiger partial charge in [0.25, 0.3) is 5.91 Å². The van der Waals surface area contributed by atoms with Gasteiger partial charge in [0.1, 0.15) is 5.60 Å². The van der Waals surface area contributed by atoms with E-state index >= 15 is 0 Å². The van der Waals surface area contributed by atoms with E-state index in [4.69, 9.17) is 4.74 Å². The lowest BCUT2D eigenvalue weighted by Gasteiger charge is -2.32. The van der Waals surface area contributed by atoms with Crippen molar-refractivity contribution in [3.8, 4) is 0 Å². The molecule has 1 fully saturated rings. The van der Waals surface area contributed by atoms with E-state index in [0.29, 0.717) is 31.6 Å². The van der Waals surface area contributed by atoms with Crippen LogP contribution in [0.25, 0.3) is 0 Å². The van der Waals surface area contributed by atoms with Gasteiger partial charge in [-0.05, 0) is 55.5 Å². The van der Waals surface area contributed by atoms with Crippen LogP contribution in [0.1, 0.15) is 69.6 Å². The summed E-state index contributed by atoms with van der Waals surface area (Å²) < 4.78 is 6.01. The molecule has 0 spiro atoms. The Kier molecular flexibility index (Phi) is 6.13. The Balaban J connectivity index is 1.89. The molecule has 1 saturated heterocycles. The maximum atomic E-state index is 12.7. The van der Waals surface area contributed by atoms with Crippen LogP contribution in [0.4, 0.5) is 4.79 Å². The van der Waals surface area contributed by atoms with Crippen LogP contribution in [0.3, 0.4) is 0 Å². The lowest BCUT2D eigenvalue weighted by Crippen LogP contribution is -2.47. The number of ether oxygens (including phenoxy) is 1. The number of aromatic nitrogens is 2. The molecule has 0 bridgehead atoms. The first kappa shape index (κ1) is 19.8. The zero-order valence-corrected chi connectivity index (χ0v) is 17.1. The van der Waals surface area contributed by atoms with Crippen molar-refractivity contribution in [1.82, 2.24) is 20.4 Å². The summed E-state index contributed by atoms with van der Waals surface area (Å²) in [4.78, 5) is 26.3. The number of carbonyl (C=O) groups excluding carboxylic acids is 2. The minimum atomic E-state index is -0.513. The number of carbonyl (C=O) groups is 2. The second kappa shape index (κ2) is 7.76. The Morgan fingerprint density at radius 3 is 2.40 bits per heavy atom. The van der Waals surface area contributed by atoms with Crippen LogP contribution in [0, 0.1) is 0 Å². The van der Waals surface area contributed by atoms with Crippen LogP contribution in [0.2, 0.25) is 0 Å². The third-order valence-corrected chi connectivity index (χ3v) is 4.82. The Bertz CT molecular complexity index is 628. The number of hydrogen-bond donors (Lipinski definition) is 2. The van der Waals surface area contributed by atoms with Crippen molar-refractivity contribution < 1.29 is 14.3 Å². The summed E-state index contributed by atoms with van der Waals surface area (Å²) in [5, 5.41) is 9.97. The normalized spacial score (nSPS) is 16.2. The van der Waals surface area contributed by atoms with Gasteiger partial charge in [-0.3, -0.25) is 9.89 Å². The van der Waals surface area contributed by atoms with E-state index in [1.807, 2.05) is 34.6 Å². The third kappa shape index (κ3) is 5.20. The Labute approximate surface area is 157 Å². The summed E-state index contributed by atoms with van der Waals surface area (Å²) in [6.45, 7) is 10.7. The van der Waals surface area contributed by atoms with E-state index in [0.717, 1.165) is 10.2 Å². The highest BCUT2D eigenvalue weighted by Gasteiger charge is 2.29. The molecule has 1 aliphatic heterocycles. The number of H-pyrrole nitrogens is 1. The number of rotatable bonds is 3. The fourth-order valence-corrected chi connectivity index (χ4v) is 3.52. The van der Waals surface area contributed by atoms with E-state index in [9.17, 15) is 9.59 Å². The first-order valence-corrected chi connectivity index (χ1v) is 9.40. The largest absolute Gasteiger partial charge is 0.444 e. The van der Waals surface area contributed by atoms with E-state index in [2.05, 4.69) is 31.4 Å². The van der Waals surface area contributed by atoms with E-state index in [1.165, 1.54) is 0 Å². The van der Waals surface area contributed by atoms with E-state index in [1.54, 1.807) is 4.90 Å². The van der Waals surface area contributed by atoms with Gasteiger partial charge in [-0.1, -0.05) is 13.8 Å². The maximum Gasteiger partial charge on any atom is 0.407 e. The second-order valence-electron chi connectivity index (χ2n) is 7.67. The van der Waals surface area contributed by atoms with Crippen LogP contribution < -0.4 is 5.32 Å². The molecule has 0 saturated carbocycles. The zero-order chi connectivity index (χ0) is 18.8. The zero-order valence-electron chi connectivity index (χ0n) is 15.5. The van der Waals surface area contributed by atoms with E-state index < -0.39 is 11.7 Å². The third-order valence-electron chi connectivity index (χ3n) is 4.02. The first-order chi connectivity index (χ1) is 11.6. The Morgan fingerprint density at radius 1 is 1.32 bits per heavy atom. The molecule has 2 amide bonds. The summed E-state index contributed by atoms with van der Waals surface area (Å²) in [6, 6.07) is 0.0211. The summed E-state index contributed by atoms with van der Waals surface area (Å²) in [7, 11) is 0. The van der Waals surface area contributed by atoms with Crippen molar-refractivity contribution in [2.75, 3.05) is 13.1 Å². The lowest BCUT2D eigenvalue weighted by atomic mass is 10.0. The molecule has 0 radical (unpaired) electrons. The number of hydrogen-bond acceptors (Lipinski definition) is 4. The predicted molar refractivity (Wildman–Crippen MR) is 98.7 cm³/mol. The minimum Gasteiger partial charge on any atom is -0.444 e. The van der Waals surface area contributed by atoms with E-state index in [-0.39, 0.29) is 17.9 Å². The molecule has 0 aliphatic carbocycles. The number of piperidine rings is 1. The first-order valence-electron chi connectivity index (χ1n) is 8.61. The quantitative estimate of drug-likeness (QED) is 0.792. The molecule has 8 heteroatoms. The SMILES string of the molecule is CC(C)c1[nH]nc(C(=O)N2CCC(NC(=O)OC(C)(C)C)CC2)c1Br. The van der Waals surface area contributed by atoms with Gasteiger partial charge in [0.05, 0.1) is 10.2 Å². The number of halogens is 1. The predicted octanol–water partition coefficient (Wildman–Crippen LogP) is 3.42. The molecule has 2 N–H and O–H groups in total. The van der Waals surface area contributed by atoms with Gasteiger partial charge in [-0.15, -0.1) is 0 Å². The Morgan fingerprint density at radius 2 is 1.92 bits per heavy atom. The van der Waals surface area contributed by atoms with Crippen LogP contribution in [0.15, 0.2) is 4.47 Å². The van der Waals surface area contributed by atoms with Crippen molar-refractivity contribution in [3.63, 3.8) is 0 Å². The van der Waals surface area contributed by atoms with Gasteiger partial charge in [-0.25, -0.2) is 4.79 Å². The molecule has 1 aromatic heterocycles. The highest BCUT2D eigenvalue weighted by Crippen LogP contribution is 2.27. The van der Waals surface area contributed by atoms with Crippen molar-refractivity contribution in [2.45, 2.75) is 65.0 Å². The number of aromatic amines is 1. The number of nitrogens with one attached hydrogen (secondary N) is 2. The van der Waals surface area contributed by atoms with Crippen molar-refractivity contribution in [3.05, 3.63) is 15.9 Å². The molecule has 25 heavy (non-hydrogen) atoms. The monoisotopic (exact) mass is 414 g/mol. The van der Waals surface area contributed by atoms with Crippen molar-refractivity contribution in [1.29, 1.82) is 0 Å². The number of nitrogens with zero attached hydrogens (tertiary/aromatic N) is 2. The molecule has 0 unspecified atom stereocenters. The van der Waals surface area contributed by atoms with Gasteiger partial charge in [0.15, 0.2) is 5.69 Å². The molecule has 1 aromatic rings. The van der Waals surface area contributed by atoms with Crippen LogP contribution in [-0.2, 0) is 4.74 Å². The van der Waals surface area contributed by atoms with Gasteiger partial charge in [0, 0.05) is 19.1 Å². The fraction of sp³-hybridized carbons (Fsp3) is 0.706. The molecule has 140 valence electrons. The molecule has 2 heterocycles. The van der Waals surface area contributed by atoms with Crippen molar-refractivity contribution >= 4 is 27.9 Å². The topological polar surface area (TPSA) is 87.3 Å². The average molecular weight is 415 g/mol. The maximum absolute atomic E-state index is 12.7. The number of likely N-dealkylation sites (tertiary alicyclic amines) is 1. The molecular formula is C17H27BrN4O3. The summed E-state index contributed by atoms with van der Waals surface area (Å²) in [5.41, 5.74) is 0.827.